The summed E-state index contributed by atoms with van der Waals surface area (Å²) in [6, 6.07) is 7.27. The van der Waals surface area contributed by atoms with Crippen LogP contribution in [-0.2, 0) is 9.53 Å². The van der Waals surface area contributed by atoms with Crippen LogP contribution in [0.5, 0.6) is 0 Å². The van der Waals surface area contributed by atoms with Gasteiger partial charge in [0.05, 0.1) is 12.0 Å². The van der Waals surface area contributed by atoms with E-state index in [2.05, 4.69) is 21.2 Å². The molecule has 0 aliphatic carbocycles. The van der Waals surface area contributed by atoms with Crippen LogP contribution < -0.4 is 5.32 Å². The predicted molar refractivity (Wildman–Crippen MR) is 93.8 cm³/mol. The molecule has 2 amide bonds. The van der Waals surface area contributed by atoms with E-state index in [1.807, 2.05) is 31.2 Å². The van der Waals surface area contributed by atoms with Gasteiger partial charge in [-0.15, -0.1) is 0 Å². The van der Waals surface area contributed by atoms with E-state index in [4.69, 9.17) is 9.84 Å². The zero-order chi connectivity index (χ0) is 17.7. The van der Waals surface area contributed by atoms with E-state index in [0.717, 1.165) is 10.0 Å². The number of carboxylic acid groups (broad SMARTS) is 1. The third-order valence-corrected chi connectivity index (χ3v) is 4.84. The van der Waals surface area contributed by atoms with Crippen LogP contribution in [0.25, 0.3) is 0 Å². The lowest BCUT2D eigenvalue weighted by Crippen LogP contribution is -2.50. The zero-order valence-corrected chi connectivity index (χ0v) is 15.5. The Labute approximate surface area is 150 Å². The van der Waals surface area contributed by atoms with E-state index in [9.17, 15) is 9.59 Å². The Hall–Kier alpha value is -1.60. The number of nitrogens with one attached hydrogen (secondary N) is 1. The van der Waals surface area contributed by atoms with Crippen molar-refractivity contribution < 1.29 is 19.4 Å². The van der Waals surface area contributed by atoms with Crippen LogP contribution >= 0.6 is 15.9 Å². The average Bonchev–Trinajstić information content (AvgIpc) is 2.57. The topological polar surface area (TPSA) is 78.9 Å². The molecule has 0 aromatic heterocycles. The SMILES string of the molecule is COC(c1ccc(Br)cc1)C(C)NC(=O)N1CCCC(C(=O)O)C1. The van der Waals surface area contributed by atoms with Crippen LogP contribution in [0, 0.1) is 5.92 Å². The fraction of sp³-hybridized carbons (Fsp3) is 0.529. The standard InChI is InChI=1S/C17H23BrN2O4/c1-11(15(24-2)12-5-7-14(18)8-6-12)19-17(23)20-9-3-4-13(10-20)16(21)22/h5-8,11,13,15H,3-4,9-10H2,1-2H3,(H,19,23)(H,21,22). The van der Waals surface area contributed by atoms with Gasteiger partial charge in [-0.3, -0.25) is 4.79 Å². The maximum atomic E-state index is 12.4. The van der Waals surface area contributed by atoms with Gasteiger partial charge in [-0.1, -0.05) is 28.1 Å². The number of halogens is 1. The molecule has 1 aliphatic heterocycles. The second kappa shape index (κ2) is 8.48. The minimum Gasteiger partial charge on any atom is -0.481 e. The number of methoxy groups -OCH3 is 1. The molecule has 1 aromatic carbocycles. The molecule has 6 nitrogen and oxygen atoms in total. The molecule has 132 valence electrons. The smallest absolute Gasteiger partial charge is 0.317 e. The molecule has 1 heterocycles. The number of rotatable bonds is 5. The summed E-state index contributed by atoms with van der Waals surface area (Å²) in [7, 11) is 1.61. The number of aliphatic carboxylic acids is 1. The zero-order valence-electron chi connectivity index (χ0n) is 13.9. The third kappa shape index (κ3) is 4.70. The molecule has 1 saturated heterocycles. The number of ether oxygens (including phenoxy) is 1. The summed E-state index contributed by atoms with van der Waals surface area (Å²) in [6.07, 6.45) is 1.05. The number of amides is 2. The first kappa shape index (κ1) is 18.7. The second-order valence-electron chi connectivity index (χ2n) is 6.07. The Morgan fingerprint density at radius 1 is 1.38 bits per heavy atom. The number of carboxylic acids is 1. The molecule has 1 aromatic rings. The van der Waals surface area contributed by atoms with Gasteiger partial charge < -0.3 is 20.1 Å². The molecule has 24 heavy (non-hydrogen) atoms. The number of carbonyl (C=O) groups excluding carboxylic acids is 1. The van der Waals surface area contributed by atoms with Gasteiger partial charge in [0, 0.05) is 24.7 Å². The summed E-state index contributed by atoms with van der Waals surface area (Å²) in [6.45, 7) is 2.72. The lowest BCUT2D eigenvalue weighted by atomic mass is 9.98. The monoisotopic (exact) mass is 398 g/mol. The van der Waals surface area contributed by atoms with Crippen molar-refractivity contribution in [2.24, 2.45) is 5.92 Å². The summed E-state index contributed by atoms with van der Waals surface area (Å²) in [5, 5.41) is 12.1. The lowest BCUT2D eigenvalue weighted by Gasteiger charge is -2.33. The van der Waals surface area contributed by atoms with E-state index in [0.29, 0.717) is 19.4 Å². The van der Waals surface area contributed by atoms with Crippen LogP contribution in [0.1, 0.15) is 31.4 Å². The Morgan fingerprint density at radius 3 is 2.62 bits per heavy atom. The molecule has 0 saturated carbocycles. The van der Waals surface area contributed by atoms with Crippen LogP contribution in [0.2, 0.25) is 0 Å². The summed E-state index contributed by atoms with van der Waals surface area (Å²) >= 11 is 3.40. The van der Waals surface area contributed by atoms with Gasteiger partial charge in [-0.05, 0) is 37.5 Å². The van der Waals surface area contributed by atoms with Gasteiger partial charge in [0.15, 0.2) is 0 Å². The summed E-state index contributed by atoms with van der Waals surface area (Å²) < 4.78 is 6.52. The highest BCUT2D eigenvalue weighted by Gasteiger charge is 2.30. The Balaban J connectivity index is 1.98. The van der Waals surface area contributed by atoms with Crippen molar-refractivity contribution in [3.05, 3.63) is 34.3 Å². The molecule has 3 atom stereocenters. The summed E-state index contributed by atoms with van der Waals surface area (Å²) in [5.41, 5.74) is 0.968. The second-order valence-corrected chi connectivity index (χ2v) is 6.99. The number of urea groups is 1. The highest BCUT2D eigenvalue weighted by Crippen LogP contribution is 2.23. The van der Waals surface area contributed by atoms with Gasteiger partial charge in [0.2, 0.25) is 0 Å². The highest BCUT2D eigenvalue weighted by molar-refractivity contribution is 9.10. The molecule has 1 fully saturated rings. The van der Waals surface area contributed by atoms with Crippen molar-refractivity contribution in [3.8, 4) is 0 Å². The molecule has 0 radical (unpaired) electrons. The summed E-state index contributed by atoms with van der Waals surface area (Å²) in [4.78, 5) is 25.1. The number of likely N-dealkylation sites (tertiary alicyclic amines) is 1. The average molecular weight is 399 g/mol. The number of nitrogens with zero attached hydrogens (tertiary/aromatic N) is 1. The van der Waals surface area contributed by atoms with Gasteiger partial charge in [0.25, 0.3) is 0 Å². The van der Waals surface area contributed by atoms with Gasteiger partial charge in [-0.25, -0.2) is 4.79 Å². The molecular formula is C17H23BrN2O4. The van der Waals surface area contributed by atoms with Crippen molar-refractivity contribution in [3.63, 3.8) is 0 Å². The van der Waals surface area contributed by atoms with E-state index in [1.165, 1.54) is 0 Å². The van der Waals surface area contributed by atoms with Crippen molar-refractivity contribution in [1.82, 2.24) is 10.2 Å². The molecule has 1 aliphatic rings. The molecule has 0 bridgehead atoms. The Morgan fingerprint density at radius 2 is 2.04 bits per heavy atom. The van der Waals surface area contributed by atoms with Crippen LogP contribution in [-0.4, -0.2) is 48.2 Å². The van der Waals surface area contributed by atoms with Crippen LogP contribution in [0.4, 0.5) is 4.79 Å². The quantitative estimate of drug-likeness (QED) is 0.798. The van der Waals surface area contributed by atoms with E-state index >= 15 is 0 Å². The lowest BCUT2D eigenvalue weighted by molar-refractivity contribution is -0.143. The maximum Gasteiger partial charge on any atom is 0.317 e. The third-order valence-electron chi connectivity index (χ3n) is 4.32. The van der Waals surface area contributed by atoms with Gasteiger partial charge in [0.1, 0.15) is 6.10 Å². The van der Waals surface area contributed by atoms with Crippen molar-refractivity contribution in [2.75, 3.05) is 20.2 Å². The van der Waals surface area contributed by atoms with Crippen molar-refractivity contribution in [1.29, 1.82) is 0 Å². The summed E-state index contributed by atoms with van der Waals surface area (Å²) in [5.74, 6) is -1.32. The van der Waals surface area contributed by atoms with Gasteiger partial charge >= 0.3 is 12.0 Å². The van der Waals surface area contributed by atoms with Crippen LogP contribution in [0.15, 0.2) is 28.7 Å². The van der Waals surface area contributed by atoms with E-state index in [-0.39, 0.29) is 24.7 Å². The largest absolute Gasteiger partial charge is 0.481 e. The first-order chi connectivity index (χ1) is 11.4. The molecule has 7 heteroatoms. The number of carbonyl (C=O) groups is 2. The maximum absolute atomic E-state index is 12.4. The molecule has 2 N–H and O–H groups in total. The molecule has 0 spiro atoms. The Bertz CT molecular complexity index is 578. The fourth-order valence-corrected chi connectivity index (χ4v) is 3.27. The number of benzene rings is 1. The number of hydrogen-bond donors (Lipinski definition) is 2. The minimum atomic E-state index is -0.842. The normalized spacial score (nSPS) is 20.3. The molecule has 3 unspecified atom stereocenters. The van der Waals surface area contributed by atoms with E-state index < -0.39 is 11.9 Å². The van der Waals surface area contributed by atoms with Crippen LogP contribution in [0.3, 0.4) is 0 Å². The molecular weight excluding hydrogens is 376 g/mol. The van der Waals surface area contributed by atoms with E-state index in [1.54, 1.807) is 12.0 Å². The fourth-order valence-electron chi connectivity index (χ4n) is 3.01. The van der Waals surface area contributed by atoms with Crippen molar-refractivity contribution in [2.45, 2.75) is 31.9 Å². The number of hydrogen-bond acceptors (Lipinski definition) is 3. The minimum absolute atomic E-state index is 0.242. The highest BCUT2D eigenvalue weighted by atomic mass is 79.9. The number of piperidine rings is 1. The predicted octanol–water partition coefficient (Wildman–Crippen LogP) is 3.03. The first-order valence-corrected chi connectivity index (χ1v) is 8.78. The Kier molecular flexibility index (Phi) is 6.62. The molecule has 2 rings (SSSR count). The first-order valence-electron chi connectivity index (χ1n) is 7.99. The van der Waals surface area contributed by atoms with Gasteiger partial charge in [-0.2, -0.15) is 0 Å². The van der Waals surface area contributed by atoms with Crippen molar-refractivity contribution >= 4 is 27.9 Å².